The summed E-state index contributed by atoms with van der Waals surface area (Å²) in [6.07, 6.45) is -0.105. The average molecular weight is 325 g/mol. The van der Waals surface area contributed by atoms with E-state index in [1.54, 1.807) is 0 Å². The summed E-state index contributed by atoms with van der Waals surface area (Å²) in [5.41, 5.74) is 0.612. The van der Waals surface area contributed by atoms with Gasteiger partial charge in [-0.15, -0.1) is 0 Å². The van der Waals surface area contributed by atoms with Crippen molar-refractivity contribution in [2.75, 3.05) is 13.7 Å². The predicted octanol–water partition coefficient (Wildman–Crippen LogP) is 1.80. The SMILES string of the molecule is COCc1nc(CN2C[C@H](O)C[C@H]2c2ccc(F)c(F)c2)no1. The molecule has 8 heteroatoms. The number of benzene rings is 1. The lowest BCUT2D eigenvalue weighted by Gasteiger charge is -2.23. The van der Waals surface area contributed by atoms with Crippen LogP contribution in [0.4, 0.5) is 8.78 Å². The molecule has 1 aromatic heterocycles. The molecule has 1 aliphatic heterocycles. The fourth-order valence-corrected chi connectivity index (χ4v) is 2.84. The molecular weight excluding hydrogens is 308 g/mol. The molecule has 1 N–H and O–H groups in total. The quantitative estimate of drug-likeness (QED) is 0.904. The zero-order chi connectivity index (χ0) is 16.4. The molecule has 3 rings (SSSR count). The molecule has 0 amide bonds. The Morgan fingerprint density at radius 3 is 2.96 bits per heavy atom. The molecule has 1 saturated heterocycles. The zero-order valence-corrected chi connectivity index (χ0v) is 12.6. The van der Waals surface area contributed by atoms with Gasteiger partial charge >= 0.3 is 0 Å². The first-order valence-electron chi connectivity index (χ1n) is 7.24. The molecule has 2 heterocycles. The van der Waals surface area contributed by atoms with E-state index in [9.17, 15) is 13.9 Å². The molecule has 0 radical (unpaired) electrons. The number of aromatic nitrogens is 2. The van der Waals surface area contributed by atoms with Crippen LogP contribution in [0.2, 0.25) is 0 Å². The number of nitrogens with zero attached hydrogens (tertiary/aromatic N) is 3. The van der Waals surface area contributed by atoms with Gasteiger partial charge in [0.25, 0.3) is 5.89 Å². The maximum absolute atomic E-state index is 13.5. The molecule has 1 fully saturated rings. The highest BCUT2D eigenvalue weighted by molar-refractivity contribution is 5.23. The maximum atomic E-state index is 13.5. The molecule has 6 nitrogen and oxygen atoms in total. The van der Waals surface area contributed by atoms with Crippen molar-refractivity contribution in [3.63, 3.8) is 0 Å². The van der Waals surface area contributed by atoms with Crippen LogP contribution in [-0.2, 0) is 17.9 Å². The van der Waals surface area contributed by atoms with Gasteiger partial charge in [0.15, 0.2) is 17.5 Å². The van der Waals surface area contributed by atoms with Crippen LogP contribution < -0.4 is 0 Å². The Morgan fingerprint density at radius 2 is 2.22 bits per heavy atom. The second kappa shape index (κ2) is 6.69. The van der Waals surface area contributed by atoms with E-state index in [0.29, 0.717) is 36.8 Å². The Balaban J connectivity index is 1.77. The summed E-state index contributed by atoms with van der Waals surface area (Å²) in [7, 11) is 1.53. The molecule has 0 saturated carbocycles. The number of β-amino-alcohol motifs (C(OH)–C–C–N with tert-alkyl or cyclic N) is 1. The molecule has 2 aromatic rings. The molecule has 1 aromatic carbocycles. The van der Waals surface area contributed by atoms with Crippen molar-refractivity contribution in [2.24, 2.45) is 0 Å². The van der Waals surface area contributed by atoms with Gasteiger partial charge in [-0.05, 0) is 24.1 Å². The third-order valence-electron chi connectivity index (χ3n) is 3.83. The van der Waals surface area contributed by atoms with Crippen LogP contribution in [0.25, 0.3) is 0 Å². The van der Waals surface area contributed by atoms with Crippen molar-refractivity contribution < 1.29 is 23.1 Å². The summed E-state index contributed by atoms with van der Waals surface area (Å²) in [5, 5.41) is 13.8. The van der Waals surface area contributed by atoms with Crippen molar-refractivity contribution in [3.05, 3.63) is 47.1 Å². The van der Waals surface area contributed by atoms with Crippen LogP contribution in [0.5, 0.6) is 0 Å². The largest absolute Gasteiger partial charge is 0.392 e. The van der Waals surface area contributed by atoms with E-state index in [1.807, 2.05) is 4.90 Å². The zero-order valence-electron chi connectivity index (χ0n) is 12.6. The number of ether oxygens (including phenoxy) is 1. The van der Waals surface area contributed by atoms with E-state index in [4.69, 9.17) is 9.26 Å². The van der Waals surface area contributed by atoms with Gasteiger partial charge < -0.3 is 14.4 Å². The number of hydrogen-bond acceptors (Lipinski definition) is 6. The minimum atomic E-state index is -0.897. The van der Waals surface area contributed by atoms with Gasteiger partial charge in [0.2, 0.25) is 0 Å². The summed E-state index contributed by atoms with van der Waals surface area (Å²) in [6, 6.07) is 3.56. The second-order valence-corrected chi connectivity index (χ2v) is 5.55. The molecule has 23 heavy (non-hydrogen) atoms. The Labute approximate surface area is 131 Å². The first-order valence-corrected chi connectivity index (χ1v) is 7.24. The summed E-state index contributed by atoms with van der Waals surface area (Å²) in [5.74, 6) is -0.961. The van der Waals surface area contributed by atoms with E-state index < -0.39 is 17.7 Å². The summed E-state index contributed by atoms with van der Waals surface area (Å²) in [6.45, 7) is 0.966. The number of aliphatic hydroxyl groups is 1. The Hall–Kier alpha value is -1.90. The van der Waals surface area contributed by atoms with Crippen molar-refractivity contribution in [1.82, 2.24) is 15.0 Å². The first-order chi connectivity index (χ1) is 11.1. The van der Waals surface area contributed by atoms with Gasteiger partial charge in [-0.2, -0.15) is 4.98 Å². The molecule has 2 atom stereocenters. The number of methoxy groups -OCH3 is 1. The predicted molar refractivity (Wildman–Crippen MR) is 75.1 cm³/mol. The van der Waals surface area contributed by atoms with Gasteiger partial charge in [0.05, 0.1) is 12.6 Å². The normalized spacial score (nSPS) is 21.9. The Kier molecular flexibility index (Phi) is 4.65. The van der Waals surface area contributed by atoms with Crippen molar-refractivity contribution in [2.45, 2.75) is 31.7 Å². The van der Waals surface area contributed by atoms with Crippen molar-refractivity contribution in [3.8, 4) is 0 Å². The topological polar surface area (TPSA) is 71.6 Å². The molecular formula is C15H17F2N3O3. The lowest BCUT2D eigenvalue weighted by Crippen LogP contribution is -2.25. The number of halogens is 2. The average Bonchev–Trinajstić information content (AvgIpc) is 3.09. The summed E-state index contributed by atoms with van der Waals surface area (Å²) < 4.78 is 36.5. The molecule has 0 unspecified atom stereocenters. The fraction of sp³-hybridized carbons (Fsp3) is 0.467. The number of rotatable bonds is 5. The van der Waals surface area contributed by atoms with E-state index in [0.717, 1.165) is 12.1 Å². The molecule has 0 spiro atoms. The van der Waals surface area contributed by atoms with Crippen LogP contribution in [0, 0.1) is 11.6 Å². The number of likely N-dealkylation sites (tertiary alicyclic amines) is 1. The lowest BCUT2D eigenvalue weighted by atomic mass is 10.0. The molecule has 1 aliphatic rings. The molecule has 124 valence electrons. The van der Waals surface area contributed by atoms with Crippen molar-refractivity contribution >= 4 is 0 Å². The maximum Gasteiger partial charge on any atom is 0.252 e. The highest BCUT2D eigenvalue weighted by atomic mass is 19.2. The van der Waals surface area contributed by atoms with Crippen molar-refractivity contribution in [1.29, 1.82) is 0 Å². The van der Waals surface area contributed by atoms with Crippen LogP contribution in [0.1, 0.15) is 29.7 Å². The second-order valence-electron chi connectivity index (χ2n) is 5.55. The third kappa shape index (κ3) is 3.54. The number of hydrogen-bond donors (Lipinski definition) is 1. The van der Waals surface area contributed by atoms with Crippen LogP contribution in [0.15, 0.2) is 22.7 Å². The minimum Gasteiger partial charge on any atom is -0.392 e. The van der Waals surface area contributed by atoms with E-state index in [1.165, 1.54) is 13.2 Å². The van der Waals surface area contributed by atoms with Gasteiger partial charge in [-0.3, -0.25) is 4.90 Å². The Morgan fingerprint density at radius 1 is 1.39 bits per heavy atom. The van der Waals surface area contributed by atoms with Crippen LogP contribution >= 0.6 is 0 Å². The van der Waals surface area contributed by atoms with Gasteiger partial charge in [0.1, 0.15) is 6.61 Å². The van der Waals surface area contributed by atoms with E-state index >= 15 is 0 Å². The van der Waals surface area contributed by atoms with E-state index in [-0.39, 0.29) is 12.6 Å². The summed E-state index contributed by atoms with van der Waals surface area (Å²) in [4.78, 5) is 6.10. The lowest BCUT2D eigenvalue weighted by molar-refractivity contribution is 0.151. The smallest absolute Gasteiger partial charge is 0.252 e. The monoisotopic (exact) mass is 325 g/mol. The van der Waals surface area contributed by atoms with Gasteiger partial charge in [-0.25, -0.2) is 8.78 Å². The Bertz CT molecular complexity index is 680. The third-order valence-corrected chi connectivity index (χ3v) is 3.83. The van der Waals surface area contributed by atoms with E-state index in [2.05, 4.69) is 10.1 Å². The summed E-state index contributed by atoms with van der Waals surface area (Å²) >= 11 is 0. The number of aliphatic hydroxyl groups excluding tert-OH is 1. The molecule has 0 aliphatic carbocycles. The fourth-order valence-electron chi connectivity index (χ4n) is 2.84. The molecule has 0 bridgehead atoms. The minimum absolute atomic E-state index is 0.224. The highest BCUT2D eigenvalue weighted by Crippen LogP contribution is 2.33. The van der Waals surface area contributed by atoms with Gasteiger partial charge in [0, 0.05) is 19.7 Å². The standard InChI is InChI=1S/C15H17F2N3O3/c1-22-8-15-18-14(19-23-15)7-20-6-10(21)5-13(20)9-2-3-11(16)12(17)4-9/h2-4,10,13,21H,5-8H2,1H3/t10-,13+/m1/s1. The van der Waals surface area contributed by atoms with Crippen LogP contribution in [-0.4, -0.2) is 39.9 Å². The first kappa shape index (κ1) is 16.0. The van der Waals surface area contributed by atoms with Gasteiger partial charge in [-0.1, -0.05) is 11.2 Å². The van der Waals surface area contributed by atoms with Crippen LogP contribution in [0.3, 0.4) is 0 Å². The highest BCUT2D eigenvalue weighted by Gasteiger charge is 2.33.